The number of anilines is 1. The van der Waals surface area contributed by atoms with Gasteiger partial charge in [-0.05, 0) is 13.5 Å². The van der Waals surface area contributed by atoms with Gasteiger partial charge in [0.15, 0.2) is 17.2 Å². The SMILES string of the molecule is CCC(OC)([C@H](OC)[C@H](O)CS(=O)(=O)NC)n1cnc2c(N)ncnc21. The fourth-order valence-corrected chi connectivity index (χ4v) is 3.83. The van der Waals surface area contributed by atoms with Crippen LogP contribution in [0.5, 0.6) is 0 Å². The number of ether oxygens (including phenoxy) is 2. The van der Waals surface area contributed by atoms with Gasteiger partial charge in [-0.1, -0.05) is 6.92 Å². The van der Waals surface area contributed by atoms with Crippen molar-refractivity contribution in [1.82, 2.24) is 24.2 Å². The quantitative estimate of drug-likeness (QED) is 0.493. The van der Waals surface area contributed by atoms with E-state index in [0.717, 1.165) is 0 Å². The number of aliphatic hydroxyl groups excluding tert-OH is 1. The molecule has 0 spiro atoms. The maximum Gasteiger partial charge on any atom is 0.213 e. The smallest absolute Gasteiger partial charge is 0.213 e. The minimum Gasteiger partial charge on any atom is -0.389 e. The molecule has 0 saturated carbocycles. The van der Waals surface area contributed by atoms with Crippen molar-refractivity contribution >= 4 is 27.0 Å². The molecule has 4 N–H and O–H groups in total. The molecule has 2 aromatic heterocycles. The van der Waals surface area contributed by atoms with Crippen LogP contribution in [0.2, 0.25) is 0 Å². The van der Waals surface area contributed by atoms with Crippen LogP contribution in [-0.4, -0.2) is 72.3 Å². The molecule has 3 atom stereocenters. The van der Waals surface area contributed by atoms with Crippen molar-refractivity contribution in [3.63, 3.8) is 0 Å². The zero-order chi connectivity index (χ0) is 19.5. The summed E-state index contributed by atoms with van der Waals surface area (Å²) in [4.78, 5) is 12.3. The van der Waals surface area contributed by atoms with Crippen LogP contribution in [-0.2, 0) is 25.2 Å². The molecule has 0 fully saturated rings. The first kappa shape index (κ1) is 20.5. The van der Waals surface area contributed by atoms with Crippen LogP contribution < -0.4 is 10.5 Å². The highest BCUT2D eigenvalue weighted by atomic mass is 32.2. The topological polar surface area (TPSA) is 154 Å². The number of sulfonamides is 1. The summed E-state index contributed by atoms with van der Waals surface area (Å²) in [6.45, 7) is 1.81. The third kappa shape index (κ3) is 3.50. The van der Waals surface area contributed by atoms with Gasteiger partial charge in [-0.15, -0.1) is 0 Å². The highest BCUT2D eigenvalue weighted by Gasteiger charge is 2.46. The van der Waals surface area contributed by atoms with Crippen LogP contribution in [0.1, 0.15) is 13.3 Å². The number of methoxy groups -OCH3 is 2. The number of hydrogen-bond donors (Lipinski definition) is 3. The second-order valence-electron chi connectivity index (χ2n) is 5.66. The minimum absolute atomic E-state index is 0.196. The van der Waals surface area contributed by atoms with Gasteiger partial charge in [0.25, 0.3) is 0 Å². The van der Waals surface area contributed by atoms with Gasteiger partial charge in [-0.3, -0.25) is 4.57 Å². The molecule has 2 heterocycles. The van der Waals surface area contributed by atoms with Crippen molar-refractivity contribution < 1.29 is 23.0 Å². The van der Waals surface area contributed by atoms with Gasteiger partial charge in [0.05, 0.1) is 12.1 Å². The number of aromatic nitrogens is 4. The molecule has 0 saturated heterocycles. The molecule has 12 heteroatoms. The van der Waals surface area contributed by atoms with Gasteiger partial charge in [0.2, 0.25) is 10.0 Å². The first-order valence-electron chi connectivity index (χ1n) is 7.87. The van der Waals surface area contributed by atoms with E-state index in [1.54, 1.807) is 4.57 Å². The van der Waals surface area contributed by atoms with Crippen LogP contribution in [0.3, 0.4) is 0 Å². The van der Waals surface area contributed by atoms with E-state index in [4.69, 9.17) is 15.2 Å². The molecule has 0 amide bonds. The Balaban J connectivity index is 2.58. The fourth-order valence-electron chi connectivity index (χ4n) is 3.03. The van der Waals surface area contributed by atoms with E-state index in [9.17, 15) is 13.5 Å². The summed E-state index contributed by atoms with van der Waals surface area (Å²) in [7, 11) is 0.402. The first-order chi connectivity index (χ1) is 12.3. The Kier molecular flexibility index (Phi) is 6.13. The van der Waals surface area contributed by atoms with Crippen LogP contribution in [0.4, 0.5) is 5.82 Å². The summed E-state index contributed by atoms with van der Waals surface area (Å²) >= 11 is 0. The zero-order valence-electron chi connectivity index (χ0n) is 15.1. The summed E-state index contributed by atoms with van der Waals surface area (Å²) in [5, 5.41) is 10.6. The predicted octanol–water partition coefficient (Wildman–Crippen LogP) is -0.957. The number of rotatable bonds is 9. The molecule has 0 aromatic carbocycles. The van der Waals surface area contributed by atoms with Gasteiger partial charge in [-0.2, -0.15) is 0 Å². The van der Waals surface area contributed by atoms with Gasteiger partial charge in [0, 0.05) is 14.2 Å². The summed E-state index contributed by atoms with van der Waals surface area (Å²) in [5.41, 5.74) is 5.31. The van der Waals surface area contributed by atoms with Crippen molar-refractivity contribution in [3.05, 3.63) is 12.7 Å². The van der Waals surface area contributed by atoms with Crippen LogP contribution in [0.15, 0.2) is 12.7 Å². The van der Waals surface area contributed by atoms with Crippen molar-refractivity contribution in [3.8, 4) is 0 Å². The van der Waals surface area contributed by atoms with Crippen LogP contribution >= 0.6 is 0 Å². The van der Waals surface area contributed by atoms with E-state index in [-0.39, 0.29) is 5.82 Å². The highest BCUT2D eigenvalue weighted by molar-refractivity contribution is 7.89. The Bertz CT molecular complexity index is 851. The van der Waals surface area contributed by atoms with Crippen molar-refractivity contribution in [2.75, 3.05) is 32.8 Å². The van der Waals surface area contributed by atoms with Crippen molar-refractivity contribution in [2.24, 2.45) is 0 Å². The number of nitrogen functional groups attached to an aromatic ring is 1. The molecule has 2 aromatic rings. The van der Waals surface area contributed by atoms with Gasteiger partial charge < -0.3 is 20.3 Å². The average Bonchev–Trinajstić information content (AvgIpc) is 3.05. The molecular formula is C14H24N6O5S. The molecule has 0 aliphatic carbocycles. The standard InChI is InChI=1S/C14H24N6O5S/c1-5-14(25-4,11(24-3)9(21)6-26(22,23)16-2)20-8-19-10-12(15)17-7-18-13(10)20/h7-9,11,16,21H,5-6H2,1-4H3,(H2,15,17,18)/t9-,11-,14?/m1/s1. The maximum absolute atomic E-state index is 11.9. The molecular weight excluding hydrogens is 364 g/mol. The number of imidazole rings is 1. The molecule has 0 bridgehead atoms. The molecule has 146 valence electrons. The van der Waals surface area contributed by atoms with E-state index in [1.165, 1.54) is 33.9 Å². The van der Waals surface area contributed by atoms with Crippen LogP contribution in [0.25, 0.3) is 11.2 Å². The number of nitrogens with two attached hydrogens (primary N) is 1. The Labute approximate surface area is 151 Å². The van der Waals surface area contributed by atoms with Gasteiger partial charge in [0.1, 0.15) is 24.1 Å². The zero-order valence-corrected chi connectivity index (χ0v) is 15.9. The first-order valence-corrected chi connectivity index (χ1v) is 9.52. The molecule has 0 aliphatic rings. The Morgan fingerprint density at radius 3 is 2.62 bits per heavy atom. The highest BCUT2D eigenvalue weighted by Crippen LogP contribution is 2.33. The van der Waals surface area contributed by atoms with Crippen molar-refractivity contribution in [2.45, 2.75) is 31.3 Å². The molecule has 1 unspecified atom stereocenters. The van der Waals surface area contributed by atoms with Crippen LogP contribution in [0, 0.1) is 0 Å². The van der Waals surface area contributed by atoms with E-state index >= 15 is 0 Å². The van der Waals surface area contributed by atoms with E-state index in [2.05, 4.69) is 19.7 Å². The Morgan fingerprint density at radius 2 is 2.08 bits per heavy atom. The number of aliphatic hydroxyl groups is 1. The van der Waals surface area contributed by atoms with E-state index in [0.29, 0.717) is 17.6 Å². The monoisotopic (exact) mass is 388 g/mol. The van der Waals surface area contributed by atoms with E-state index in [1.807, 2.05) is 6.92 Å². The third-order valence-electron chi connectivity index (χ3n) is 4.38. The van der Waals surface area contributed by atoms with Crippen molar-refractivity contribution in [1.29, 1.82) is 0 Å². The average molecular weight is 388 g/mol. The largest absolute Gasteiger partial charge is 0.389 e. The second kappa shape index (κ2) is 7.80. The second-order valence-corrected chi connectivity index (χ2v) is 7.63. The third-order valence-corrected chi connectivity index (χ3v) is 5.78. The molecule has 26 heavy (non-hydrogen) atoms. The molecule has 0 aliphatic heterocycles. The Hall–Kier alpha value is -1.86. The summed E-state index contributed by atoms with van der Waals surface area (Å²) < 4.78 is 38.6. The lowest BCUT2D eigenvalue weighted by Gasteiger charge is -2.41. The lowest BCUT2D eigenvalue weighted by atomic mass is 9.98. The molecule has 11 nitrogen and oxygen atoms in total. The lowest BCUT2D eigenvalue weighted by molar-refractivity contribution is -0.199. The minimum atomic E-state index is -3.67. The Morgan fingerprint density at radius 1 is 1.38 bits per heavy atom. The lowest BCUT2D eigenvalue weighted by Crippen LogP contribution is -2.55. The number of nitrogens with one attached hydrogen (secondary N) is 1. The van der Waals surface area contributed by atoms with E-state index < -0.39 is 33.7 Å². The number of hydrogen-bond acceptors (Lipinski definition) is 9. The molecule has 2 rings (SSSR count). The predicted molar refractivity (Wildman–Crippen MR) is 94.7 cm³/mol. The summed E-state index contributed by atoms with van der Waals surface area (Å²) in [6.07, 6.45) is 0.653. The summed E-state index contributed by atoms with van der Waals surface area (Å²) in [6, 6.07) is 0. The molecule has 0 radical (unpaired) electrons. The van der Waals surface area contributed by atoms with Gasteiger partial charge >= 0.3 is 0 Å². The normalized spacial score (nSPS) is 17.1. The van der Waals surface area contributed by atoms with Gasteiger partial charge in [-0.25, -0.2) is 28.1 Å². The maximum atomic E-state index is 11.9. The summed E-state index contributed by atoms with van der Waals surface area (Å²) in [5.74, 6) is -0.362. The number of fused-ring (bicyclic) bond motifs is 1. The fraction of sp³-hybridized carbons (Fsp3) is 0.643. The number of nitrogens with zero attached hydrogens (tertiary/aromatic N) is 4.